The minimum atomic E-state index is -1.04. The molecule has 1 fully saturated rings. The van der Waals surface area contributed by atoms with E-state index in [2.05, 4.69) is 5.32 Å². The van der Waals surface area contributed by atoms with Gasteiger partial charge in [-0.05, 0) is 31.5 Å². The van der Waals surface area contributed by atoms with E-state index in [1.165, 1.54) is 12.1 Å². The van der Waals surface area contributed by atoms with Gasteiger partial charge in [-0.3, -0.25) is 4.79 Å². The van der Waals surface area contributed by atoms with Crippen LogP contribution in [0.15, 0.2) is 18.2 Å². The Kier molecular flexibility index (Phi) is 3.84. The fraction of sp³-hybridized carbons (Fsp3) is 0.462. The molecule has 0 spiro atoms. The summed E-state index contributed by atoms with van der Waals surface area (Å²) in [6.07, 6.45) is 3.73. The van der Waals surface area contributed by atoms with Crippen molar-refractivity contribution in [1.82, 2.24) is 5.32 Å². The molecular weight excluding hydrogens is 224 g/mol. The van der Waals surface area contributed by atoms with E-state index < -0.39 is 11.6 Å². The fourth-order valence-electron chi connectivity index (χ4n) is 2.13. The van der Waals surface area contributed by atoms with Crippen molar-refractivity contribution < 1.29 is 13.6 Å². The average Bonchev–Trinajstić information content (AvgIpc) is 2.60. The first-order valence-corrected chi connectivity index (χ1v) is 5.92. The number of Topliss-reactive ketones (excluding diaryl/α,β-unsaturated/α-hetero) is 1. The van der Waals surface area contributed by atoms with Gasteiger partial charge in [0.15, 0.2) is 17.4 Å². The molecule has 0 saturated carbocycles. The number of nitrogens with one attached hydrogen (secondary N) is 1. The summed E-state index contributed by atoms with van der Waals surface area (Å²) < 4.78 is 26.5. The van der Waals surface area contributed by atoms with Crippen LogP contribution in [0.1, 0.15) is 36.0 Å². The largest absolute Gasteiger partial charge is 0.307 e. The molecule has 2 rings (SSSR count). The zero-order chi connectivity index (χ0) is 12.3. The summed E-state index contributed by atoms with van der Waals surface area (Å²) in [5.74, 6) is -2.35. The third kappa shape index (κ3) is 2.69. The average molecular weight is 239 g/mol. The molecule has 17 heavy (non-hydrogen) atoms. The highest BCUT2D eigenvalue weighted by Gasteiger charge is 2.24. The number of hydrogen-bond donors (Lipinski definition) is 1. The van der Waals surface area contributed by atoms with Crippen molar-refractivity contribution in [2.24, 2.45) is 0 Å². The van der Waals surface area contributed by atoms with Crippen molar-refractivity contribution in [2.45, 2.75) is 31.7 Å². The molecule has 1 aliphatic heterocycles. The van der Waals surface area contributed by atoms with E-state index in [9.17, 15) is 13.6 Å². The standard InChI is InChI=1S/C13H15F2NO/c14-10-6-4-5-9(12(10)15)13(17)11-7-2-1-3-8-16-11/h4-6,11,16H,1-3,7-8H2. The molecule has 1 aromatic rings. The molecule has 1 N–H and O–H groups in total. The van der Waals surface area contributed by atoms with Crippen LogP contribution >= 0.6 is 0 Å². The first-order valence-electron chi connectivity index (χ1n) is 5.92. The summed E-state index contributed by atoms with van der Waals surface area (Å²) in [5.41, 5.74) is -0.149. The van der Waals surface area contributed by atoms with Crippen LogP contribution < -0.4 is 5.32 Å². The fourth-order valence-corrected chi connectivity index (χ4v) is 2.13. The Morgan fingerprint density at radius 2 is 2.06 bits per heavy atom. The van der Waals surface area contributed by atoms with E-state index in [1.807, 2.05) is 0 Å². The molecule has 0 amide bonds. The van der Waals surface area contributed by atoms with Crippen LogP contribution in [0.4, 0.5) is 8.78 Å². The lowest BCUT2D eigenvalue weighted by Gasteiger charge is -2.14. The van der Waals surface area contributed by atoms with Crippen molar-refractivity contribution in [3.63, 3.8) is 0 Å². The Labute approximate surface area is 99.0 Å². The predicted octanol–water partition coefficient (Wildman–Crippen LogP) is 2.68. The molecule has 1 heterocycles. The number of carbonyl (C=O) groups is 1. The molecule has 4 heteroatoms. The molecule has 1 aliphatic rings. The lowest BCUT2D eigenvalue weighted by Crippen LogP contribution is -2.36. The smallest absolute Gasteiger partial charge is 0.182 e. The Bertz CT molecular complexity index is 412. The summed E-state index contributed by atoms with van der Waals surface area (Å²) in [5, 5.41) is 3.09. The molecule has 0 aliphatic carbocycles. The van der Waals surface area contributed by atoms with Gasteiger partial charge < -0.3 is 5.32 Å². The van der Waals surface area contributed by atoms with Crippen LogP contribution in [-0.2, 0) is 0 Å². The highest BCUT2D eigenvalue weighted by Crippen LogP contribution is 2.17. The van der Waals surface area contributed by atoms with E-state index in [-0.39, 0.29) is 17.4 Å². The van der Waals surface area contributed by atoms with Gasteiger partial charge in [0.2, 0.25) is 0 Å². The zero-order valence-corrected chi connectivity index (χ0v) is 9.51. The topological polar surface area (TPSA) is 29.1 Å². The van der Waals surface area contributed by atoms with Gasteiger partial charge in [-0.2, -0.15) is 0 Å². The lowest BCUT2D eigenvalue weighted by atomic mass is 10.00. The molecule has 92 valence electrons. The minimum absolute atomic E-state index is 0.149. The first-order chi connectivity index (χ1) is 8.20. The quantitative estimate of drug-likeness (QED) is 0.804. The number of carbonyl (C=O) groups excluding carboxylic acids is 1. The van der Waals surface area contributed by atoms with E-state index in [1.54, 1.807) is 0 Å². The highest BCUT2D eigenvalue weighted by molar-refractivity contribution is 6.00. The Morgan fingerprint density at radius 1 is 1.24 bits per heavy atom. The molecular formula is C13H15F2NO. The van der Waals surface area contributed by atoms with Gasteiger partial charge in [0.05, 0.1) is 11.6 Å². The van der Waals surface area contributed by atoms with Gasteiger partial charge in [-0.1, -0.05) is 18.9 Å². The molecule has 1 aromatic carbocycles. The van der Waals surface area contributed by atoms with Gasteiger partial charge in [0.25, 0.3) is 0 Å². The zero-order valence-electron chi connectivity index (χ0n) is 9.51. The Balaban J connectivity index is 2.20. The van der Waals surface area contributed by atoms with Crippen molar-refractivity contribution in [3.05, 3.63) is 35.4 Å². The Hall–Kier alpha value is -1.29. The second kappa shape index (κ2) is 5.36. The lowest BCUT2D eigenvalue weighted by molar-refractivity contribution is 0.0935. The summed E-state index contributed by atoms with van der Waals surface area (Å²) >= 11 is 0. The molecule has 1 atom stereocenters. The van der Waals surface area contributed by atoms with E-state index in [0.717, 1.165) is 31.9 Å². The molecule has 0 aromatic heterocycles. The highest BCUT2D eigenvalue weighted by atomic mass is 19.2. The first kappa shape index (κ1) is 12.2. The Morgan fingerprint density at radius 3 is 2.88 bits per heavy atom. The van der Waals surface area contributed by atoms with Crippen molar-refractivity contribution in [1.29, 1.82) is 0 Å². The van der Waals surface area contributed by atoms with Crippen molar-refractivity contribution >= 4 is 5.78 Å². The maximum atomic E-state index is 13.5. The number of rotatable bonds is 2. The van der Waals surface area contributed by atoms with Gasteiger partial charge in [0, 0.05) is 0 Å². The summed E-state index contributed by atoms with van der Waals surface area (Å²) in [6.45, 7) is 0.757. The van der Waals surface area contributed by atoms with Crippen LogP contribution in [0.3, 0.4) is 0 Å². The number of hydrogen-bond acceptors (Lipinski definition) is 2. The maximum absolute atomic E-state index is 13.5. The third-order valence-electron chi connectivity index (χ3n) is 3.09. The molecule has 2 nitrogen and oxygen atoms in total. The van der Waals surface area contributed by atoms with Crippen LogP contribution in [0.25, 0.3) is 0 Å². The summed E-state index contributed by atoms with van der Waals surface area (Å²) in [4.78, 5) is 12.1. The van der Waals surface area contributed by atoms with Gasteiger partial charge >= 0.3 is 0 Å². The maximum Gasteiger partial charge on any atom is 0.182 e. The molecule has 1 saturated heterocycles. The van der Waals surface area contributed by atoms with Gasteiger partial charge in [-0.15, -0.1) is 0 Å². The van der Waals surface area contributed by atoms with E-state index >= 15 is 0 Å². The number of benzene rings is 1. The summed E-state index contributed by atoms with van der Waals surface area (Å²) in [6, 6.07) is 3.34. The van der Waals surface area contributed by atoms with E-state index in [0.29, 0.717) is 6.42 Å². The minimum Gasteiger partial charge on any atom is -0.307 e. The predicted molar refractivity (Wildman–Crippen MR) is 60.9 cm³/mol. The molecule has 0 radical (unpaired) electrons. The second-order valence-electron chi connectivity index (χ2n) is 4.32. The van der Waals surface area contributed by atoms with Crippen LogP contribution in [0.2, 0.25) is 0 Å². The number of halogens is 2. The van der Waals surface area contributed by atoms with Crippen LogP contribution in [-0.4, -0.2) is 18.4 Å². The monoisotopic (exact) mass is 239 g/mol. The van der Waals surface area contributed by atoms with E-state index in [4.69, 9.17) is 0 Å². The second-order valence-corrected chi connectivity index (χ2v) is 4.32. The molecule has 1 unspecified atom stereocenters. The van der Waals surface area contributed by atoms with Gasteiger partial charge in [-0.25, -0.2) is 8.78 Å². The normalized spacial score (nSPS) is 20.9. The summed E-state index contributed by atoms with van der Waals surface area (Å²) in [7, 11) is 0. The van der Waals surface area contributed by atoms with Crippen LogP contribution in [0.5, 0.6) is 0 Å². The van der Waals surface area contributed by atoms with Gasteiger partial charge in [0.1, 0.15) is 0 Å². The number of ketones is 1. The van der Waals surface area contributed by atoms with Crippen molar-refractivity contribution in [3.8, 4) is 0 Å². The van der Waals surface area contributed by atoms with Crippen molar-refractivity contribution in [2.75, 3.05) is 6.54 Å². The van der Waals surface area contributed by atoms with Crippen LogP contribution in [0, 0.1) is 11.6 Å². The molecule has 0 bridgehead atoms. The SMILES string of the molecule is O=C(c1cccc(F)c1F)C1CCCCCN1. The third-order valence-corrected chi connectivity index (χ3v) is 3.09.